The molecule has 1 fully saturated rings. The first kappa shape index (κ1) is 50.2. The van der Waals surface area contributed by atoms with Gasteiger partial charge in [0.05, 0.1) is 40.0 Å². The highest BCUT2D eigenvalue weighted by molar-refractivity contribution is 7.45. The molecule has 0 aromatic rings. The van der Waals surface area contributed by atoms with E-state index in [1.165, 1.54) is 77.0 Å². The number of epoxide rings is 1. The molecule has 1 saturated heterocycles. The van der Waals surface area contributed by atoms with Crippen molar-refractivity contribution in [3.8, 4) is 0 Å². The van der Waals surface area contributed by atoms with Crippen molar-refractivity contribution in [3.63, 3.8) is 0 Å². The Morgan fingerprint density at radius 2 is 1.24 bits per heavy atom. The Morgan fingerprint density at radius 3 is 1.87 bits per heavy atom. The minimum Gasteiger partial charge on any atom is -0.756 e. The summed E-state index contributed by atoms with van der Waals surface area (Å²) in [6.45, 7) is 4.11. The van der Waals surface area contributed by atoms with Gasteiger partial charge in [-0.25, -0.2) is 0 Å². The van der Waals surface area contributed by atoms with E-state index in [-0.39, 0.29) is 26.1 Å². The van der Waals surface area contributed by atoms with Gasteiger partial charge in [0.2, 0.25) is 0 Å². The smallest absolute Gasteiger partial charge is 0.306 e. The van der Waals surface area contributed by atoms with E-state index in [4.69, 9.17) is 23.3 Å². The number of carbonyl (C=O) groups is 2. The zero-order valence-corrected chi connectivity index (χ0v) is 35.8. The SMILES string of the molecule is CCCCCCCCCCCCCCC(=O)O[C@H](COC(=O)CCC/C=C\C/C=C\C/C=C\CC1OC1CCCCC)COP(=O)([O-])OCC[N+](C)(C)C. The first-order valence-electron chi connectivity index (χ1n) is 21.3. The maximum Gasteiger partial charge on any atom is 0.306 e. The van der Waals surface area contributed by atoms with Crippen LogP contribution < -0.4 is 4.89 Å². The molecule has 314 valence electrons. The van der Waals surface area contributed by atoms with Gasteiger partial charge in [-0.1, -0.05) is 140 Å². The second-order valence-corrected chi connectivity index (χ2v) is 17.2. The Balaban J connectivity index is 2.32. The third-order valence-electron chi connectivity index (χ3n) is 9.34. The molecule has 1 aliphatic heterocycles. The molecule has 54 heavy (non-hydrogen) atoms. The monoisotopic (exact) mass is 784 g/mol. The fourth-order valence-corrected chi connectivity index (χ4v) is 6.59. The number of likely N-dealkylation sites (N-methyl/N-ethyl adjacent to an activating group) is 1. The number of carbonyl (C=O) groups excluding carboxylic acids is 2. The zero-order chi connectivity index (χ0) is 39.8. The number of unbranched alkanes of at least 4 members (excludes halogenated alkanes) is 14. The number of quaternary nitrogens is 1. The topological polar surface area (TPSA) is 124 Å². The van der Waals surface area contributed by atoms with Crippen molar-refractivity contribution in [2.24, 2.45) is 0 Å². The quantitative estimate of drug-likeness (QED) is 0.0151. The summed E-state index contributed by atoms with van der Waals surface area (Å²) >= 11 is 0. The third kappa shape index (κ3) is 32.4. The summed E-state index contributed by atoms with van der Waals surface area (Å²) in [5, 5.41) is 0. The van der Waals surface area contributed by atoms with Gasteiger partial charge in [0.15, 0.2) is 6.10 Å². The van der Waals surface area contributed by atoms with Gasteiger partial charge < -0.3 is 32.6 Å². The van der Waals surface area contributed by atoms with Crippen LogP contribution in [0.25, 0.3) is 0 Å². The molecule has 0 spiro atoms. The third-order valence-corrected chi connectivity index (χ3v) is 10.3. The highest BCUT2D eigenvalue weighted by Crippen LogP contribution is 2.38. The summed E-state index contributed by atoms with van der Waals surface area (Å²) in [6.07, 6.45) is 36.4. The van der Waals surface area contributed by atoms with Gasteiger partial charge in [-0.3, -0.25) is 14.2 Å². The molecule has 0 N–H and O–H groups in total. The summed E-state index contributed by atoms with van der Waals surface area (Å²) in [4.78, 5) is 37.4. The molecule has 1 aliphatic rings. The number of phosphoric acid groups is 1. The normalized spacial score (nSPS) is 17.7. The van der Waals surface area contributed by atoms with E-state index >= 15 is 0 Å². The average Bonchev–Trinajstić information content (AvgIpc) is 3.87. The standard InChI is InChI=1S/C43H78NO9P/c1-6-8-10-11-12-13-14-15-20-23-26-30-34-43(46)52-39(38-51-54(47,48)50-36-35-44(3,4)5)37-49-42(45)33-29-25-22-19-17-16-18-21-24-28-32-41-40(53-41)31-27-9-7-2/h16,18-19,22,24,28,39-41H,6-15,17,20-21,23,25-27,29-38H2,1-5H3/b18-16-,22-19-,28-24-/t39-,40?,41?/m1/s1. The molecule has 1 rings (SSSR count). The lowest BCUT2D eigenvalue weighted by molar-refractivity contribution is -0.870. The van der Waals surface area contributed by atoms with Crippen molar-refractivity contribution in [1.82, 2.24) is 0 Å². The van der Waals surface area contributed by atoms with Crippen molar-refractivity contribution in [2.45, 2.75) is 180 Å². The molecule has 0 radical (unpaired) electrons. The lowest BCUT2D eigenvalue weighted by atomic mass is 10.0. The zero-order valence-electron chi connectivity index (χ0n) is 34.9. The molecular weight excluding hydrogens is 705 g/mol. The maximum absolute atomic E-state index is 12.6. The van der Waals surface area contributed by atoms with Gasteiger partial charge in [0.1, 0.15) is 19.8 Å². The summed E-state index contributed by atoms with van der Waals surface area (Å²) in [5.41, 5.74) is 0. The summed E-state index contributed by atoms with van der Waals surface area (Å²) < 4.78 is 39.5. The number of allylic oxidation sites excluding steroid dienone is 5. The Kier molecular flexibility index (Phi) is 30.0. The number of phosphoric ester groups is 1. The molecule has 0 aromatic carbocycles. The van der Waals surface area contributed by atoms with Crippen LogP contribution in [0.4, 0.5) is 0 Å². The van der Waals surface area contributed by atoms with Crippen molar-refractivity contribution in [2.75, 3.05) is 47.5 Å². The van der Waals surface area contributed by atoms with Crippen LogP contribution >= 0.6 is 7.82 Å². The van der Waals surface area contributed by atoms with Crippen LogP contribution in [0.15, 0.2) is 36.5 Å². The molecule has 3 unspecified atom stereocenters. The molecular formula is C43H78NO9P. The predicted octanol–water partition coefficient (Wildman–Crippen LogP) is 10.1. The molecule has 11 heteroatoms. The maximum atomic E-state index is 12.6. The van der Waals surface area contributed by atoms with Crippen LogP contribution in [0.3, 0.4) is 0 Å². The van der Waals surface area contributed by atoms with Crippen LogP contribution in [0.1, 0.15) is 162 Å². The van der Waals surface area contributed by atoms with E-state index < -0.39 is 32.5 Å². The van der Waals surface area contributed by atoms with Crippen LogP contribution in [0.2, 0.25) is 0 Å². The first-order chi connectivity index (χ1) is 26.0. The molecule has 0 saturated carbocycles. The van der Waals surface area contributed by atoms with Crippen molar-refractivity contribution >= 4 is 19.8 Å². The van der Waals surface area contributed by atoms with Crippen LogP contribution in [0.5, 0.6) is 0 Å². The van der Waals surface area contributed by atoms with E-state index in [0.717, 1.165) is 44.9 Å². The average molecular weight is 784 g/mol. The van der Waals surface area contributed by atoms with Crippen LogP contribution in [-0.2, 0) is 37.4 Å². The number of rotatable bonds is 37. The lowest BCUT2D eigenvalue weighted by Gasteiger charge is -2.28. The molecule has 1 heterocycles. The van der Waals surface area contributed by atoms with Gasteiger partial charge in [0, 0.05) is 12.8 Å². The Hall–Kier alpha value is -1.81. The number of hydrogen-bond acceptors (Lipinski definition) is 9. The molecule has 0 aromatic heterocycles. The Bertz CT molecular complexity index is 1090. The van der Waals surface area contributed by atoms with E-state index in [1.54, 1.807) is 0 Å². The summed E-state index contributed by atoms with van der Waals surface area (Å²) in [6, 6.07) is 0. The largest absolute Gasteiger partial charge is 0.756 e. The molecule has 10 nitrogen and oxygen atoms in total. The number of ether oxygens (including phenoxy) is 3. The fourth-order valence-electron chi connectivity index (χ4n) is 5.86. The predicted molar refractivity (Wildman–Crippen MR) is 217 cm³/mol. The number of nitrogens with zero attached hydrogens (tertiary/aromatic N) is 1. The molecule has 0 bridgehead atoms. The Morgan fingerprint density at radius 1 is 0.685 bits per heavy atom. The van der Waals surface area contributed by atoms with Gasteiger partial charge >= 0.3 is 11.9 Å². The molecule has 0 aliphatic carbocycles. The van der Waals surface area contributed by atoms with Gasteiger partial charge in [-0.15, -0.1) is 0 Å². The molecule has 0 amide bonds. The number of hydrogen-bond donors (Lipinski definition) is 0. The van der Waals surface area contributed by atoms with Gasteiger partial charge in [-0.05, 0) is 44.9 Å². The van der Waals surface area contributed by atoms with Crippen LogP contribution in [-0.4, -0.2) is 82.2 Å². The molecule has 4 atom stereocenters. The first-order valence-corrected chi connectivity index (χ1v) is 22.8. The van der Waals surface area contributed by atoms with E-state index in [0.29, 0.717) is 36.1 Å². The Labute approximate surface area is 329 Å². The van der Waals surface area contributed by atoms with Crippen molar-refractivity contribution in [3.05, 3.63) is 36.5 Å². The van der Waals surface area contributed by atoms with E-state index in [2.05, 4.69) is 50.3 Å². The minimum absolute atomic E-state index is 0.0407. The minimum atomic E-state index is -4.63. The van der Waals surface area contributed by atoms with Crippen LogP contribution in [0, 0.1) is 0 Å². The van der Waals surface area contributed by atoms with E-state index in [1.807, 2.05) is 21.1 Å². The highest BCUT2D eigenvalue weighted by Gasteiger charge is 2.36. The fraction of sp³-hybridized carbons (Fsp3) is 0.814. The summed E-state index contributed by atoms with van der Waals surface area (Å²) in [7, 11) is 1.13. The van der Waals surface area contributed by atoms with Crippen molar-refractivity contribution < 1.29 is 46.8 Å². The van der Waals surface area contributed by atoms with E-state index in [9.17, 15) is 19.0 Å². The second kappa shape index (κ2) is 32.3. The highest BCUT2D eigenvalue weighted by atomic mass is 31.2. The van der Waals surface area contributed by atoms with Crippen molar-refractivity contribution in [1.29, 1.82) is 0 Å². The lowest BCUT2D eigenvalue weighted by Crippen LogP contribution is -2.37. The second-order valence-electron chi connectivity index (χ2n) is 15.7. The van der Waals surface area contributed by atoms with Gasteiger partial charge in [-0.2, -0.15) is 0 Å². The van der Waals surface area contributed by atoms with Gasteiger partial charge in [0.25, 0.3) is 7.82 Å². The number of esters is 2. The summed E-state index contributed by atoms with van der Waals surface area (Å²) in [5.74, 6) is -0.904.